The van der Waals surface area contributed by atoms with Crippen molar-refractivity contribution in [3.05, 3.63) is 28.8 Å². The van der Waals surface area contributed by atoms with Crippen molar-refractivity contribution in [2.24, 2.45) is 5.73 Å². The number of carbonyl (C=O) groups excluding carboxylic acids is 1. The predicted molar refractivity (Wildman–Crippen MR) is 51.1 cm³/mol. The van der Waals surface area contributed by atoms with Crippen LogP contribution in [0.1, 0.15) is 17.3 Å². The van der Waals surface area contributed by atoms with E-state index >= 15 is 0 Å². The van der Waals surface area contributed by atoms with Crippen molar-refractivity contribution >= 4 is 17.5 Å². The maximum atomic E-state index is 10.8. The predicted octanol–water partition coefficient (Wildman–Crippen LogP) is 1.84. The molecule has 1 amide bonds. The zero-order valence-corrected chi connectivity index (χ0v) is 7.97. The minimum Gasteiger partial charge on any atom is -0.492 e. The highest BCUT2D eigenvalue weighted by atomic mass is 35.5. The van der Waals surface area contributed by atoms with Crippen LogP contribution in [0, 0.1) is 0 Å². The molecule has 0 saturated heterocycles. The fraction of sp³-hybridized carbons (Fsp3) is 0.222. The fourth-order valence-electron chi connectivity index (χ4n) is 0.923. The Balaban J connectivity index is 3.03. The summed E-state index contributed by atoms with van der Waals surface area (Å²) >= 11 is 5.80. The van der Waals surface area contributed by atoms with Crippen LogP contribution in [0.25, 0.3) is 0 Å². The van der Waals surface area contributed by atoms with Gasteiger partial charge in [-0.15, -0.1) is 0 Å². The lowest BCUT2D eigenvalue weighted by molar-refractivity contribution is 0.1000. The van der Waals surface area contributed by atoms with E-state index in [2.05, 4.69) is 0 Å². The summed E-state index contributed by atoms with van der Waals surface area (Å²) in [5, 5.41) is 0.479. The Labute approximate surface area is 81.4 Å². The standard InChI is InChI=1S/C9H10ClNO2/c1-2-13-8-5-6(9(11)12)3-4-7(8)10/h3-5H,2H2,1H3,(H2,11,12). The van der Waals surface area contributed by atoms with Gasteiger partial charge < -0.3 is 10.5 Å². The lowest BCUT2D eigenvalue weighted by Gasteiger charge is -2.05. The summed E-state index contributed by atoms with van der Waals surface area (Å²) in [5.74, 6) is -0.00177. The molecule has 0 bridgehead atoms. The van der Waals surface area contributed by atoms with Crippen molar-refractivity contribution < 1.29 is 9.53 Å². The third-order valence-electron chi connectivity index (χ3n) is 1.52. The Morgan fingerprint density at radius 2 is 2.31 bits per heavy atom. The molecule has 0 atom stereocenters. The zero-order valence-electron chi connectivity index (χ0n) is 7.21. The number of primary amides is 1. The van der Waals surface area contributed by atoms with Gasteiger partial charge in [0.1, 0.15) is 5.75 Å². The summed E-state index contributed by atoms with van der Waals surface area (Å²) in [5.41, 5.74) is 5.49. The first-order valence-corrected chi connectivity index (χ1v) is 4.25. The van der Waals surface area contributed by atoms with Gasteiger partial charge in [-0.2, -0.15) is 0 Å². The Kier molecular flexibility index (Phi) is 3.14. The molecule has 3 nitrogen and oxygen atoms in total. The van der Waals surface area contributed by atoms with Crippen LogP contribution in [0.2, 0.25) is 5.02 Å². The van der Waals surface area contributed by atoms with E-state index in [4.69, 9.17) is 22.1 Å². The second-order valence-corrected chi connectivity index (χ2v) is 2.85. The summed E-state index contributed by atoms with van der Waals surface area (Å²) in [4.78, 5) is 10.8. The number of amides is 1. The number of benzene rings is 1. The molecule has 2 N–H and O–H groups in total. The van der Waals surface area contributed by atoms with E-state index < -0.39 is 5.91 Å². The van der Waals surface area contributed by atoms with Crippen LogP contribution in [0.15, 0.2) is 18.2 Å². The summed E-state index contributed by atoms with van der Waals surface area (Å²) < 4.78 is 5.19. The molecule has 0 aliphatic heterocycles. The number of rotatable bonds is 3. The van der Waals surface area contributed by atoms with Gasteiger partial charge in [0, 0.05) is 5.56 Å². The molecular formula is C9H10ClNO2. The van der Waals surface area contributed by atoms with Crippen LogP contribution in [-0.2, 0) is 0 Å². The SMILES string of the molecule is CCOc1cc(C(N)=O)ccc1Cl. The minimum absolute atomic E-state index is 0.396. The fourth-order valence-corrected chi connectivity index (χ4v) is 1.09. The molecule has 0 aliphatic carbocycles. The average Bonchev–Trinajstić information content (AvgIpc) is 2.08. The Morgan fingerprint density at radius 1 is 1.62 bits per heavy atom. The molecule has 70 valence electrons. The maximum absolute atomic E-state index is 10.8. The van der Waals surface area contributed by atoms with Crippen molar-refractivity contribution in [3.8, 4) is 5.75 Å². The zero-order chi connectivity index (χ0) is 9.84. The third-order valence-corrected chi connectivity index (χ3v) is 1.83. The van der Waals surface area contributed by atoms with E-state index in [0.29, 0.717) is 22.9 Å². The Hall–Kier alpha value is -1.22. The summed E-state index contributed by atoms with van der Waals surface area (Å²) in [6, 6.07) is 4.69. The van der Waals surface area contributed by atoms with Crippen LogP contribution in [0.5, 0.6) is 5.75 Å². The second kappa shape index (κ2) is 4.14. The average molecular weight is 200 g/mol. The van der Waals surface area contributed by atoms with Crippen LogP contribution in [-0.4, -0.2) is 12.5 Å². The smallest absolute Gasteiger partial charge is 0.248 e. The molecule has 0 aliphatic rings. The first-order valence-electron chi connectivity index (χ1n) is 3.87. The highest BCUT2D eigenvalue weighted by Crippen LogP contribution is 2.25. The summed E-state index contributed by atoms with van der Waals surface area (Å²) in [6.45, 7) is 2.34. The van der Waals surface area contributed by atoms with Crippen LogP contribution < -0.4 is 10.5 Å². The van der Waals surface area contributed by atoms with Gasteiger partial charge in [-0.25, -0.2) is 0 Å². The van der Waals surface area contributed by atoms with Gasteiger partial charge in [-0.1, -0.05) is 11.6 Å². The Bertz CT molecular complexity index is 325. The van der Waals surface area contributed by atoms with Gasteiger partial charge >= 0.3 is 0 Å². The van der Waals surface area contributed by atoms with Gasteiger partial charge in [0.25, 0.3) is 0 Å². The van der Waals surface area contributed by atoms with Crippen LogP contribution in [0.3, 0.4) is 0 Å². The highest BCUT2D eigenvalue weighted by Gasteiger charge is 2.05. The molecular weight excluding hydrogens is 190 g/mol. The molecule has 4 heteroatoms. The number of nitrogens with two attached hydrogens (primary N) is 1. The molecule has 1 rings (SSSR count). The molecule has 0 heterocycles. The number of halogens is 1. The quantitative estimate of drug-likeness (QED) is 0.808. The van der Waals surface area contributed by atoms with Gasteiger partial charge in [-0.05, 0) is 25.1 Å². The van der Waals surface area contributed by atoms with Crippen molar-refractivity contribution in [3.63, 3.8) is 0 Å². The first kappa shape index (κ1) is 9.86. The van der Waals surface area contributed by atoms with Gasteiger partial charge in [0.2, 0.25) is 5.91 Å². The van der Waals surface area contributed by atoms with E-state index in [0.717, 1.165) is 0 Å². The van der Waals surface area contributed by atoms with Crippen LogP contribution >= 0.6 is 11.6 Å². The van der Waals surface area contributed by atoms with E-state index in [-0.39, 0.29) is 0 Å². The number of hydrogen-bond donors (Lipinski definition) is 1. The maximum Gasteiger partial charge on any atom is 0.248 e. The topological polar surface area (TPSA) is 52.3 Å². The number of hydrogen-bond acceptors (Lipinski definition) is 2. The van der Waals surface area contributed by atoms with Crippen molar-refractivity contribution in [1.82, 2.24) is 0 Å². The monoisotopic (exact) mass is 199 g/mol. The largest absolute Gasteiger partial charge is 0.492 e. The van der Waals surface area contributed by atoms with Crippen LogP contribution in [0.4, 0.5) is 0 Å². The molecule has 0 unspecified atom stereocenters. The summed E-state index contributed by atoms with van der Waals surface area (Å²) in [6.07, 6.45) is 0. The number of ether oxygens (including phenoxy) is 1. The molecule has 0 radical (unpaired) electrons. The van der Waals surface area contributed by atoms with E-state index in [9.17, 15) is 4.79 Å². The second-order valence-electron chi connectivity index (χ2n) is 2.44. The Morgan fingerprint density at radius 3 is 2.85 bits per heavy atom. The van der Waals surface area contributed by atoms with Gasteiger partial charge in [0.05, 0.1) is 11.6 Å². The highest BCUT2D eigenvalue weighted by molar-refractivity contribution is 6.32. The third kappa shape index (κ3) is 2.36. The molecule has 0 spiro atoms. The normalized spacial score (nSPS) is 9.69. The lowest BCUT2D eigenvalue weighted by Crippen LogP contribution is -2.10. The minimum atomic E-state index is -0.488. The van der Waals surface area contributed by atoms with Gasteiger partial charge in [0.15, 0.2) is 0 Å². The lowest BCUT2D eigenvalue weighted by atomic mass is 10.2. The van der Waals surface area contributed by atoms with Crippen molar-refractivity contribution in [2.75, 3.05) is 6.61 Å². The van der Waals surface area contributed by atoms with Crippen molar-refractivity contribution in [1.29, 1.82) is 0 Å². The van der Waals surface area contributed by atoms with E-state index in [1.807, 2.05) is 6.92 Å². The first-order chi connectivity index (χ1) is 6.15. The number of carbonyl (C=O) groups is 1. The molecule has 1 aromatic carbocycles. The van der Waals surface area contributed by atoms with E-state index in [1.54, 1.807) is 12.1 Å². The van der Waals surface area contributed by atoms with Crippen molar-refractivity contribution in [2.45, 2.75) is 6.92 Å². The molecule has 0 saturated carbocycles. The summed E-state index contributed by atoms with van der Waals surface area (Å²) in [7, 11) is 0. The van der Waals surface area contributed by atoms with Gasteiger partial charge in [-0.3, -0.25) is 4.79 Å². The molecule has 0 aromatic heterocycles. The molecule has 0 fully saturated rings. The molecule has 1 aromatic rings. The van der Waals surface area contributed by atoms with E-state index in [1.165, 1.54) is 6.07 Å². The molecule has 13 heavy (non-hydrogen) atoms.